The maximum atomic E-state index is 13.0. The van der Waals surface area contributed by atoms with E-state index < -0.39 is 9.84 Å². The number of anilines is 1. The van der Waals surface area contributed by atoms with Gasteiger partial charge in [0.25, 0.3) is 5.91 Å². The zero-order valence-corrected chi connectivity index (χ0v) is 22.0. The second-order valence-corrected chi connectivity index (χ2v) is 12.1. The monoisotopic (exact) mass is 538 g/mol. The summed E-state index contributed by atoms with van der Waals surface area (Å²) in [5.41, 5.74) is 1.50. The first-order valence-electron chi connectivity index (χ1n) is 11.7. The molecule has 0 unspecified atom stereocenters. The van der Waals surface area contributed by atoms with E-state index in [1.165, 1.54) is 11.8 Å². The van der Waals surface area contributed by atoms with E-state index in [9.17, 15) is 13.2 Å². The first-order valence-corrected chi connectivity index (χ1v) is 14.4. The van der Waals surface area contributed by atoms with Gasteiger partial charge in [-0.25, -0.2) is 8.42 Å². The van der Waals surface area contributed by atoms with Crippen LogP contribution in [0, 0.1) is 0 Å². The van der Waals surface area contributed by atoms with Crippen LogP contribution in [0.2, 0.25) is 0 Å². The smallest absolute Gasteiger partial charge is 0.252 e. The number of hydrogen-bond acceptors (Lipinski definition) is 7. The molecule has 0 aliphatic carbocycles. The van der Waals surface area contributed by atoms with Crippen LogP contribution in [0.3, 0.4) is 0 Å². The fourth-order valence-electron chi connectivity index (χ4n) is 4.48. The first kappa shape index (κ1) is 25.2. The molecule has 10 heteroatoms. The Morgan fingerprint density at radius 3 is 2.35 bits per heavy atom. The minimum atomic E-state index is -3.16. The van der Waals surface area contributed by atoms with Crippen molar-refractivity contribution in [3.63, 3.8) is 0 Å². The van der Waals surface area contributed by atoms with Crippen LogP contribution in [0.15, 0.2) is 77.8 Å². The maximum absolute atomic E-state index is 13.0. The average Bonchev–Trinajstić information content (AvgIpc) is 3.35. The zero-order chi connectivity index (χ0) is 26.0. The molecule has 3 aromatic carbocycles. The molecule has 2 heterocycles. The third-order valence-electron chi connectivity index (χ3n) is 6.18. The summed E-state index contributed by atoms with van der Waals surface area (Å²) in [6.45, 7) is 0. The van der Waals surface area contributed by atoms with Gasteiger partial charge in [-0.15, -0.1) is 0 Å². The summed E-state index contributed by atoms with van der Waals surface area (Å²) in [5, 5.41) is 0.324. The Morgan fingerprint density at radius 1 is 0.946 bits per heavy atom. The highest BCUT2D eigenvalue weighted by Gasteiger charge is 2.49. The van der Waals surface area contributed by atoms with Gasteiger partial charge in [-0.1, -0.05) is 36.0 Å². The summed E-state index contributed by atoms with van der Waals surface area (Å²) in [5.74, 6) is 2.25. The molecular formula is C27H26N2O6S2. The summed E-state index contributed by atoms with van der Waals surface area (Å²) in [7, 11) is -0.0680. The van der Waals surface area contributed by atoms with Crippen molar-refractivity contribution in [1.29, 1.82) is 0 Å². The second-order valence-electron chi connectivity index (χ2n) is 8.73. The molecule has 0 aromatic heterocycles. The van der Waals surface area contributed by atoms with Gasteiger partial charge in [0.1, 0.15) is 11.5 Å². The standard InChI is InChI=1S/C27H26N2O6S2/c1-33-23-13-8-18(14-24(23)34-2)15-26(30)28-27-29(22-16-37(31,32)17-25(22)36-27)19-9-11-21(12-10-19)35-20-6-4-3-5-7-20/h3-14,22,25H,15-17H2,1-2H3/t22-,25+/m1/s1. The number of para-hydroxylation sites is 1. The Hall–Kier alpha value is -3.50. The third-order valence-corrected chi connectivity index (χ3v) is 9.39. The van der Waals surface area contributed by atoms with Crippen LogP contribution in [0.4, 0.5) is 5.69 Å². The SMILES string of the molecule is COc1ccc(CC(=O)N=C2S[C@H]3CS(=O)(=O)C[C@H]3N2c2ccc(Oc3ccccc3)cc2)cc1OC. The van der Waals surface area contributed by atoms with Gasteiger partial charge in [0.05, 0.1) is 38.2 Å². The molecule has 2 atom stereocenters. The molecule has 2 aliphatic heterocycles. The number of benzene rings is 3. The Kier molecular flexibility index (Phi) is 7.12. The molecule has 0 radical (unpaired) electrons. The summed E-state index contributed by atoms with van der Waals surface area (Å²) < 4.78 is 41.2. The Balaban J connectivity index is 1.39. The van der Waals surface area contributed by atoms with E-state index in [4.69, 9.17) is 14.2 Å². The van der Waals surface area contributed by atoms with Crippen molar-refractivity contribution in [1.82, 2.24) is 0 Å². The van der Waals surface area contributed by atoms with Crippen LogP contribution in [0.5, 0.6) is 23.0 Å². The number of carbonyl (C=O) groups is 1. The quantitative estimate of drug-likeness (QED) is 0.439. The molecule has 192 valence electrons. The number of carbonyl (C=O) groups excluding carboxylic acids is 1. The summed E-state index contributed by atoms with van der Waals surface area (Å²) in [6.07, 6.45) is 0.0791. The number of hydrogen-bond donors (Lipinski definition) is 0. The van der Waals surface area contributed by atoms with E-state index in [1.807, 2.05) is 59.5 Å². The Bertz CT molecular complexity index is 1430. The van der Waals surface area contributed by atoms with Crippen molar-refractivity contribution >= 4 is 38.4 Å². The topological polar surface area (TPSA) is 94.5 Å². The van der Waals surface area contributed by atoms with Crippen LogP contribution >= 0.6 is 11.8 Å². The Morgan fingerprint density at radius 2 is 1.65 bits per heavy atom. The molecule has 2 saturated heterocycles. The van der Waals surface area contributed by atoms with Crippen molar-refractivity contribution in [2.75, 3.05) is 30.6 Å². The lowest BCUT2D eigenvalue weighted by molar-refractivity contribution is -0.117. The van der Waals surface area contributed by atoms with Gasteiger partial charge in [0.15, 0.2) is 26.5 Å². The number of methoxy groups -OCH3 is 2. The summed E-state index contributed by atoms with van der Waals surface area (Å²) >= 11 is 1.35. The van der Waals surface area contributed by atoms with E-state index in [2.05, 4.69) is 4.99 Å². The second kappa shape index (κ2) is 10.5. The van der Waals surface area contributed by atoms with Crippen LogP contribution in [-0.2, 0) is 21.1 Å². The molecule has 0 N–H and O–H groups in total. The van der Waals surface area contributed by atoms with Gasteiger partial charge in [-0.3, -0.25) is 4.79 Å². The lowest BCUT2D eigenvalue weighted by Crippen LogP contribution is -2.37. The van der Waals surface area contributed by atoms with E-state index in [1.54, 1.807) is 32.4 Å². The molecule has 5 rings (SSSR count). The normalized spacial score (nSPS) is 21.0. The number of thioether (sulfide) groups is 1. The average molecular weight is 539 g/mol. The van der Waals surface area contributed by atoms with Crippen molar-refractivity contribution < 1.29 is 27.4 Å². The molecule has 8 nitrogen and oxygen atoms in total. The molecular weight excluding hydrogens is 512 g/mol. The van der Waals surface area contributed by atoms with E-state index >= 15 is 0 Å². The van der Waals surface area contributed by atoms with Crippen LogP contribution in [0.25, 0.3) is 0 Å². The number of aliphatic imine (C=N–C) groups is 1. The van der Waals surface area contributed by atoms with Gasteiger partial charge < -0.3 is 19.1 Å². The molecule has 2 aliphatic rings. The summed E-state index contributed by atoms with van der Waals surface area (Å²) in [6, 6.07) is 21.8. The van der Waals surface area contributed by atoms with E-state index in [0.717, 1.165) is 17.0 Å². The van der Waals surface area contributed by atoms with E-state index in [-0.39, 0.29) is 35.1 Å². The molecule has 37 heavy (non-hydrogen) atoms. The first-order chi connectivity index (χ1) is 17.8. The van der Waals surface area contributed by atoms with Crippen molar-refractivity contribution in [3.8, 4) is 23.0 Å². The minimum absolute atomic E-state index is 0.0236. The third kappa shape index (κ3) is 5.60. The van der Waals surface area contributed by atoms with Crippen LogP contribution < -0.4 is 19.1 Å². The molecule has 0 bridgehead atoms. The number of sulfone groups is 1. The van der Waals surface area contributed by atoms with Crippen molar-refractivity contribution in [2.45, 2.75) is 17.7 Å². The number of amidine groups is 1. The minimum Gasteiger partial charge on any atom is -0.493 e. The van der Waals surface area contributed by atoms with Gasteiger partial charge in [0, 0.05) is 10.9 Å². The van der Waals surface area contributed by atoms with Crippen molar-refractivity contribution in [2.24, 2.45) is 4.99 Å². The van der Waals surface area contributed by atoms with Gasteiger partial charge >= 0.3 is 0 Å². The molecule has 0 saturated carbocycles. The largest absolute Gasteiger partial charge is 0.493 e. The van der Waals surface area contributed by atoms with Crippen LogP contribution in [-0.4, -0.2) is 56.5 Å². The highest BCUT2D eigenvalue weighted by Crippen LogP contribution is 2.41. The molecule has 3 aromatic rings. The maximum Gasteiger partial charge on any atom is 0.252 e. The molecule has 0 spiro atoms. The number of fused-ring (bicyclic) bond motifs is 1. The predicted octanol–water partition coefficient (Wildman–Crippen LogP) is 4.34. The number of nitrogens with zero attached hydrogens (tertiary/aromatic N) is 2. The lowest BCUT2D eigenvalue weighted by atomic mass is 10.1. The van der Waals surface area contributed by atoms with Gasteiger partial charge in [-0.05, 0) is 54.1 Å². The molecule has 2 fully saturated rings. The predicted molar refractivity (Wildman–Crippen MR) is 145 cm³/mol. The van der Waals surface area contributed by atoms with Crippen molar-refractivity contribution in [3.05, 3.63) is 78.4 Å². The van der Waals surface area contributed by atoms with E-state index in [0.29, 0.717) is 22.4 Å². The number of ether oxygens (including phenoxy) is 3. The van der Waals surface area contributed by atoms with Crippen LogP contribution in [0.1, 0.15) is 5.56 Å². The fraction of sp³-hybridized carbons (Fsp3) is 0.259. The van der Waals surface area contributed by atoms with Gasteiger partial charge in [0.2, 0.25) is 0 Å². The highest BCUT2D eigenvalue weighted by atomic mass is 32.2. The number of rotatable bonds is 7. The fourth-order valence-corrected chi connectivity index (χ4v) is 8.41. The molecule has 1 amide bonds. The van der Waals surface area contributed by atoms with Gasteiger partial charge in [-0.2, -0.15) is 4.99 Å². The zero-order valence-electron chi connectivity index (χ0n) is 20.4. The lowest BCUT2D eigenvalue weighted by Gasteiger charge is -2.24. The Labute approximate surface area is 220 Å². The number of amides is 1. The summed E-state index contributed by atoms with van der Waals surface area (Å²) in [4.78, 5) is 19.3. The highest BCUT2D eigenvalue weighted by molar-refractivity contribution is 8.16.